The van der Waals surface area contributed by atoms with E-state index in [1.807, 2.05) is 18.9 Å². The third-order valence-electron chi connectivity index (χ3n) is 4.80. The third-order valence-corrected chi connectivity index (χ3v) is 4.80. The summed E-state index contributed by atoms with van der Waals surface area (Å²) in [4.78, 5) is 27.4. The molecule has 2 atom stereocenters. The Labute approximate surface area is 151 Å². The average Bonchev–Trinajstić information content (AvgIpc) is 2.94. The molecule has 2 rings (SSSR count). The van der Waals surface area contributed by atoms with Crippen molar-refractivity contribution in [2.45, 2.75) is 46.6 Å². The van der Waals surface area contributed by atoms with Gasteiger partial charge in [-0.3, -0.25) is 4.79 Å². The number of hydrogen-bond donors (Lipinski definition) is 1. The second kappa shape index (κ2) is 8.37. The highest BCUT2D eigenvalue weighted by Crippen LogP contribution is 2.17. The van der Waals surface area contributed by atoms with Crippen molar-refractivity contribution >= 4 is 11.9 Å². The molecule has 1 aliphatic heterocycles. The van der Waals surface area contributed by atoms with Crippen molar-refractivity contribution in [2.75, 3.05) is 26.7 Å². The zero-order valence-electron chi connectivity index (χ0n) is 16.1. The maximum Gasteiger partial charge on any atom is 0.317 e. The minimum atomic E-state index is -0.0434. The molecular weight excluding hydrogens is 314 g/mol. The predicted octanol–water partition coefficient (Wildman–Crippen LogP) is 2.74. The fourth-order valence-corrected chi connectivity index (χ4v) is 3.65. The molecule has 25 heavy (non-hydrogen) atoms. The molecule has 0 unspecified atom stereocenters. The number of benzene rings is 1. The molecule has 1 aromatic carbocycles. The lowest BCUT2D eigenvalue weighted by Gasteiger charge is -2.24. The molecule has 0 bridgehead atoms. The van der Waals surface area contributed by atoms with Crippen LogP contribution in [0.15, 0.2) is 18.2 Å². The summed E-state index contributed by atoms with van der Waals surface area (Å²) in [6.45, 7) is 10.1. The van der Waals surface area contributed by atoms with Crippen molar-refractivity contribution in [2.24, 2.45) is 5.92 Å². The molecule has 0 spiro atoms. The molecule has 1 fully saturated rings. The molecule has 0 aliphatic carbocycles. The number of nitrogens with zero attached hydrogens (tertiary/aromatic N) is 2. The first-order valence-corrected chi connectivity index (χ1v) is 9.09. The van der Waals surface area contributed by atoms with Crippen LogP contribution in [0.5, 0.6) is 0 Å². The van der Waals surface area contributed by atoms with Gasteiger partial charge in [0.05, 0.1) is 0 Å². The molecule has 1 N–H and O–H groups in total. The van der Waals surface area contributed by atoms with Gasteiger partial charge in [0.25, 0.3) is 0 Å². The topological polar surface area (TPSA) is 52.7 Å². The minimum absolute atomic E-state index is 0.0434. The second-order valence-corrected chi connectivity index (χ2v) is 7.55. The van der Waals surface area contributed by atoms with E-state index >= 15 is 0 Å². The lowest BCUT2D eigenvalue weighted by atomic mass is 10.0. The van der Waals surface area contributed by atoms with Crippen molar-refractivity contribution < 1.29 is 9.59 Å². The molecule has 5 heteroatoms. The van der Waals surface area contributed by atoms with Gasteiger partial charge in [-0.1, -0.05) is 29.3 Å². The Hall–Kier alpha value is -2.04. The summed E-state index contributed by atoms with van der Waals surface area (Å²) in [6.07, 6.45) is 1.79. The smallest absolute Gasteiger partial charge is 0.317 e. The summed E-state index contributed by atoms with van der Waals surface area (Å²) in [5.74, 6) is 0.492. The lowest BCUT2D eigenvalue weighted by Crippen LogP contribution is -2.44. The first kappa shape index (κ1) is 19.3. The van der Waals surface area contributed by atoms with Crippen LogP contribution in [0.3, 0.4) is 0 Å². The number of aryl methyl sites for hydroxylation is 2. The van der Waals surface area contributed by atoms with Crippen LogP contribution in [0, 0.1) is 19.8 Å². The maximum atomic E-state index is 12.4. The summed E-state index contributed by atoms with van der Waals surface area (Å²) in [6, 6.07) is 6.54. The van der Waals surface area contributed by atoms with E-state index in [9.17, 15) is 9.59 Å². The number of nitrogens with one attached hydrogen (secondary N) is 1. The van der Waals surface area contributed by atoms with Crippen LogP contribution in [0.2, 0.25) is 0 Å². The van der Waals surface area contributed by atoms with Crippen LogP contribution in [0.25, 0.3) is 0 Å². The predicted molar refractivity (Wildman–Crippen MR) is 101 cm³/mol. The number of carbonyl (C=O) groups excluding carboxylic acids is 2. The first-order chi connectivity index (χ1) is 11.7. The first-order valence-electron chi connectivity index (χ1n) is 9.09. The fraction of sp³-hybridized carbons (Fsp3) is 0.600. The number of likely N-dealkylation sites (tertiary alicyclic amines) is 1. The number of hydrogen-bond acceptors (Lipinski definition) is 2. The van der Waals surface area contributed by atoms with E-state index in [4.69, 9.17) is 0 Å². The van der Waals surface area contributed by atoms with Crippen molar-refractivity contribution in [3.63, 3.8) is 0 Å². The van der Waals surface area contributed by atoms with Crippen LogP contribution in [0.4, 0.5) is 4.79 Å². The van der Waals surface area contributed by atoms with E-state index in [0.29, 0.717) is 12.5 Å². The molecule has 0 radical (unpaired) electrons. The van der Waals surface area contributed by atoms with Gasteiger partial charge in [-0.15, -0.1) is 0 Å². The van der Waals surface area contributed by atoms with Crippen LogP contribution >= 0.6 is 0 Å². The molecule has 3 amide bonds. The van der Waals surface area contributed by atoms with Gasteiger partial charge < -0.3 is 15.1 Å². The number of amides is 3. The summed E-state index contributed by atoms with van der Waals surface area (Å²) in [7, 11) is 1.83. The molecular formula is C20H31N3O2. The van der Waals surface area contributed by atoms with Gasteiger partial charge in [-0.2, -0.15) is 0 Å². The molecule has 5 nitrogen and oxygen atoms in total. The molecule has 1 aromatic rings. The second-order valence-electron chi connectivity index (χ2n) is 7.55. The SMILES string of the molecule is CC(=O)N1CC[C@@H](CN(C)C(=O)N[C@H](C)Cc2cc(C)cc(C)c2)C1. The minimum Gasteiger partial charge on any atom is -0.343 e. The van der Waals surface area contributed by atoms with Gasteiger partial charge >= 0.3 is 6.03 Å². The molecule has 1 aliphatic rings. The Kier molecular flexibility index (Phi) is 6.45. The molecule has 1 saturated heterocycles. The molecule has 0 aromatic heterocycles. The van der Waals surface area contributed by atoms with Crippen LogP contribution in [-0.2, 0) is 11.2 Å². The van der Waals surface area contributed by atoms with Gasteiger partial charge in [0.1, 0.15) is 0 Å². The quantitative estimate of drug-likeness (QED) is 0.892. The summed E-state index contributed by atoms with van der Waals surface area (Å²) < 4.78 is 0. The van der Waals surface area contributed by atoms with Crippen molar-refractivity contribution in [1.29, 1.82) is 0 Å². The van der Waals surface area contributed by atoms with Gasteiger partial charge in [-0.25, -0.2) is 4.79 Å². The highest BCUT2D eigenvalue weighted by molar-refractivity contribution is 5.74. The number of urea groups is 1. The number of carbonyl (C=O) groups is 2. The maximum absolute atomic E-state index is 12.4. The zero-order valence-corrected chi connectivity index (χ0v) is 16.1. The highest BCUT2D eigenvalue weighted by Gasteiger charge is 2.26. The van der Waals surface area contributed by atoms with Crippen molar-refractivity contribution in [3.05, 3.63) is 34.9 Å². The normalized spacial score (nSPS) is 18.1. The van der Waals surface area contributed by atoms with Gasteiger partial charge in [0, 0.05) is 39.6 Å². The monoisotopic (exact) mass is 345 g/mol. The Morgan fingerprint density at radius 1 is 1.28 bits per heavy atom. The Balaban J connectivity index is 1.81. The van der Waals surface area contributed by atoms with Gasteiger partial charge in [-0.05, 0) is 45.1 Å². The molecule has 0 saturated carbocycles. The number of rotatable bonds is 5. The van der Waals surface area contributed by atoms with E-state index in [0.717, 1.165) is 25.9 Å². The van der Waals surface area contributed by atoms with Gasteiger partial charge in [0.15, 0.2) is 0 Å². The van der Waals surface area contributed by atoms with E-state index < -0.39 is 0 Å². The van der Waals surface area contributed by atoms with Gasteiger partial charge in [0.2, 0.25) is 5.91 Å². The zero-order chi connectivity index (χ0) is 18.6. The van der Waals surface area contributed by atoms with Crippen LogP contribution in [0.1, 0.15) is 37.0 Å². The summed E-state index contributed by atoms with van der Waals surface area (Å²) in [5, 5.41) is 3.08. The fourth-order valence-electron chi connectivity index (χ4n) is 3.65. The van der Waals surface area contributed by atoms with Crippen molar-refractivity contribution in [1.82, 2.24) is 15.1 Å². The van der Waals surface area contributed by atoms with E-state index in [-0.39, 0.29) is 18.0 Å². The third kappa shape index (κ3) is 5.76. The van der Waals surface area contributed by atoms with E-state index in [1.165, 1.54) is 16.7 Å². The Morgan fingerprint density at radius 2 is 1.92 bits per heavy atom. The van der Waals surface area contributed by atoms with Crippen LogP contribution < -0.4 is 5.32 Å². The Bertz CT molecular complexity index is 609. The molecule has 138 valence electrons. The van der Waals surface area contributed by atoms with E-state index in [2.05, 4.69) is 37.4 Å². The highest BCUT2D eigenvalue weighted by atomic mass is 16.2. The van der Waals surface area contributed by atoms with Crippen molar-refractivity contribution in [3.8, 4) is 0 Å². The summed E-state index contributed by atoms with van der Waals surface area (Å²) >= 11 is 0. The van der Waals surface area contributed by atoms with E-state index in [1.54, 1.807) is 11.8 Å². The summed E-state index contributed by atoms with van der Waals surface area (Å²) in [5.41, 5.74) is 3.75. The largest absolute Gasteiger partial charge is 0.343 e. The molecule has 1 heterocycles. The lowest BCUT2D eigenvalue weighted by molar-refractivity contribution is -0.127. The van der Waals surface area contributed by atoms with Crippen LogP contribution in [-0.4, -0.2) is 54.5 Å². The Morgan fingerprint density at radius 3 is 2.48 bits per heavy atom. The average molecular weight is 345 g/mol. The standard InChI is InChI=1S/C20H31N3O2/c1-14-8-15(2)10-19(9-14)11-16(3)21-20(25)22(5)12-18-6-7-23(13-18)17(4)24/h8-10,16,18H,6-7,11-13H2,1-5H3,(H,21,25)/t16-,18+/m1/s1.